The van der Waals surface area contributed by atoms with E-state index in [9.17, 15) is 0 Å². The number of thioether (sulfide) groups is 1. The molecule has 0 bridgehead atoms. The largest absolute Gasteiger partial charge is 0.492 e. The third-order valence-electron chi connectivity index (χ3n) is 2.81. The quantitative estimate of drug-likeness (QED) is 0.512. The van der Waals surface area contributed by atoms with Crippen molar-refractivity contribution in [2.24, 2.45) is 0 Å². The van der Waals surface area contributed by atoms with Crippen molar-refractivity contribution >= 4 is 11.8 Å². The lowest BCUT2D eigenvalue weighted by atomic mass is 10.2. The minimum absolute atomic E-state index is 0.742. The van der Waals surface area contributed by atoms with E-state index in [4.69, 9.17) is 4.74 Å². The van der Waals surface area contributed by atoms with Gasteiger partial charge in [-0.15, -0.1) is 11.8 Å². The number of benzene rings is 1. The summed E-state index contributed by atoms with van der Waals surface area (Å²) < 4.78 is 5.66. The minimum Gasteiger partial charge on any atom is -0.492 e. The first-order chi connectivity index (χ1) is 8.86. The number of rotatable bonds is 10. The van der Waals surface area contributed by atoms with Crippen LogP contribution >= 0.6 is 11.8 Å². The van der Waals surface area contributed by atoms with Crippen LogP contribution in [0.2, 0.25) is 0 Å². The second-order valence-corrected chi connectivity index (χ2v) is 5.21. The number of hydrogen-bond acceptors (Lipinski definition) is 3. The number of ether oxygens (including phenoxy) is 1. The summed E-state index contributed by atoms with van der Waals surface area (Å²) in [6.07, 6.45) is 7.34. The Kier molecular flexibility index (Phi) is 8.78. The van der Waals surface area contributed by atoms with Crippen molar-refractivity contribution in [3.05, 3.63) is 24.3 Å². The van der Waals surface area contributed by atoms with E-state index in [1.165, 1.54) is 30.6 Å². The van der Waals surface area contributed by atoms with Gasteiger partial charge in [0.2, 0.25) is 0 Å². The lowest BCUT2D eigenvalue weighted by Gasteiger charge is -2.08. The molecule has 18 heavy (non-hydrogen) atoms. The van der Waals surface area contributed by atoms with Gasteiger partial charge in [-0.2, -0.15) is 0 Å². The molecule has 1 N–H and O–H groups in total. The molecule has 2 nitrogen and oxygen atoms in total. The van der Waals surface area contributed by atoms with Gasteiger partial charge < -0.3 is 10.1 Å². The fraction of sp³-hybridized carbons (Fsp3) is 0.600. The molecule has 102 valence electrons. The van der Waals surface area contributed by atoms with Gasteiger partial charge >= 0.3 is 0 Å². The molecule has 0 unspecified atom stereocenters. The van der Waals surface area contributed by atoms with Gasteiger partial charge in [0.25, 0.3) is 0 Å². The van der Waals surface area contributed by atoms with Gasteiger partial charge in [0, 0.05) is 11.4 Å². The summed E-state index contributed by atoms with van der Waals surface area (Å²) in [6.45, 7) is 5.02. The summed E-state index contributed by atoms with van der Waals surface area (Å²) in [4.78, 5) is 1.27. The number of hydrogen-bond donors (Lipinski definition) is 1. The van der Waals surface area contributed by atoms with Crippen LogP contribution in [-0.4, -0.2) is 26.0 Å². The van der Waals surface area contributed by atoms with Crippen LogP contribution in [0.3, 0.4) is 0 Å². The zero-order valence-corrected chi connectivity index (χ0v) is 12.4. The molecule has 0 spiro atoms. The summed E-state index contributed by atoms with van der Waals surface area (Å²) in [6, 6.07) is 8.26. The van der Waals surface area contributed by atoms with Crippen molar-refractivity contribution in [1.29, 1.82) is 0 Å². The molecule has 0 fully saturated rings. The fourth-order valence-electron chi connectivity index (χ4n) is 1.71. The minimum atomic E-state index is 0.742. The summed E-state index contributed by atoms with van der Waals surface area (Å²) >= 11 is 1.75. The van der Waals surface area contributed by atoms with Gasteiger partial charge in [-0.25, -0.2) is 0 Å². The molecule has 0 aliphatic rings. The molecular weight excluding hydrogens is 242 g/mol. The van der Waals surface area contributed by atoms with E-state index in [-0.39, 0.29) is 0 Å². The Morgan fingerprint density at radius 3 is 2.50 bits per heavy atom. The maximum absolute atomic E-state index is 5.66. The maximum atomic E-state index is 5.66. The Morgan fingerprint density at radius 2 is 1.83 bits per heavy atom. The van der Waals surface area contributed by atoms with Gasteiger partial charge in [0.05, 0.1) is 0 Å². The van der Waals surface area contributed by atoms with Crippen LogP contribution in [0.1, 0.15) is 32.6 Å². The van der Waals surface area contributed by atoms with E-state index in [2.05, 4.69) is 30.6 Å². The van der Waals surface area contributed by atoms with Gasteiger partial charge in [-0.1, -0.05) is 26.2 Å². The molecule has 0 heterocycles. The summed E-state index contributed by atoms with van der Waals surface area (Å²) in [7, 11) is 0. The van der Waals surface area contributed by atoms with Crippen LogP contribution in [0.5, 0.6) is 5.75 Å². The molecule has 3 heteroatoms. The standard InChI is InChI=1S/C15H25NOS/c1-3-4-5-6-11-16-12-13-17-14-7-9-15(18-2)10-8-14/h7-10,16H,3-6,11-13H2,1-2H3. The van der Waals surface area contributed by atoms with Crippen LogP contribution in [0.15, 0.2) is 29.2 Å². The van der Waals surface area contributed by atoms with Crippen molar-refractivity contribution in [2.75, 3.05) is 26.0 Å². The third-order valence-corrected chi connectivity index (χ3v) is 3.56. The third kappa shape index (κ3) is 6.92. The number of unbranched alkanes of at least 4 members (excludes halogenated alkanes) is 3. The SMILES string of the molecule is CCCCCCNCCOc1ccc(SC)cc1. The molecule has 1 aromatic carbocycles. The molecule has 0 saturated heterocycles. The first-order valence-electron chi connectivity index (χ1n) is 6.84. The fourth-order valence-corrected chi connectivity index (χ4v) is 2.12. The van der Waals surface area contributed by atoms with Crippen LogP contribution in [0.25, 0.3) is 0 Å². The average molecular weight is 267 g/mol. The Hall–Kier alpha value is -0.670. The number of nitrogens with one attached hydrogen (secondary N) is 1. The van der Waals surface area contributed by atoms with E-state index >= 15 is 0 Å². The molecule has 0 aliphatic carbocycles. The zero-order valence-electron chi connectivity index (χ0n) is 11.6. The Labute approximate surface area is 116 Å². The van der Waals surface area contributed by atoms with Gasteiger partial charge in [0.15, 0.2) is 0 Å². The maximum Gasteiger partial charge on any atom is 0.119 e. The summed E-state index contributed by atoms with van der Waals surface area (Å²) in [5, 5.41) is 3.41. The predicted molar refractivity (Wildman–Crippen MR) is 80.7 cm³/mol. The molecule has 0 atom stereocenters. The highest BCUT2D eigenvalue weighted by Gasteiger charge is 1.94. The molecule has 0 aromatic heterocycles. The second kappa shape index (κ2) is 10.3. The normalized spacial score (nSPS) is 10.6. The van der Waals surface area contributed by atoms with E-state index in [1.807, 2.05) is 12.1 Å². The highest BCUT2D eigenvalue weighted by Crippen LogP contribution is 2.18. The monoisotopic (exact) mass is 267 g/mol. The van der Waals surface area contributed by atoms with Crippen LogP contribution in [0, 0.1) is 0 Å². The molecule has 0 radical (unpaired) electrons. The van der Waals surface area contributed by atoms with Crippen molar-refractivity contribution < 1.29 is 4.74 Å². The lowest BCUT2D eigenvalue weighted by Crippen LogP contribution is -2.22. The molecule has 1 rings (SSSR count). The Balaban J connectivity index is 2.00. The second-order valence-electron chi connectivity index (χ2n) is 4.33. The van der Waals surface area contributed by atoms with Crippen LogP contribution in [-0.2, 0) is 0 Å². The molecular formula is C15H25NOS. The van der Waals surface area contributed by atoms with E-state index in [1.54, 1.807) is 11.8 Å². The first kappa shape index (κ1) is 15.4. The average Bonchev–Trinajstić information content (AvgIpc) is 2.42. The predicted octanol–water partition coefficient (Wildman–Crippen LogP) is 3.96. The van der Waals surface area contributed by atoms with Gasteiger partial charge in [0.1, 0.15) is 12.4 Å². The van der Waals surface area contributed by atoms with Crippen molar-refractivity contribution in [2.45, 2.75) is 37.5 Å². The smallest absolute Gasteiger partial charge is 0.119 e. The summed E-state index contributed by atoms with van der Waals surface area (Å²) in [5.41, 5.74) is 0. The summed E-state index contributed by atoms with van der Waals surface area (Å²) in [5.74, 6) is 0.959. The van der Waals surface area contributed by atoms with E-state index in [0.717, 1.165) is 25.4 Å². The van der Waals surface area contributed by atoms with Crippen molar-refractivity contribution in [3.63, 3.8) is 0 Å². The van der Waals surface area contributed by atoms with E-state index < -0.39 is 0 Å². The highest BCUT2D eigenvalue weighted by molar-refractivity contribution is 7.98. The molecule has 0 amide bonds. The Bertz CT molecular complexity index is 300. The first-order valence-corrected chi connectivity index (χ1v) is 8.07. The zero-order chi connectivity index (χ0) is 13.1. The van der Waals surface area contributed by atoms with E-state index in [0.29, 0.717) is 0 Å². The van der Waals surface area contributed by atoms with Crippen LogP contribution < -0.4 is 10.1 Å². The van der Waals surface area contributed by atoms with Crippen molar-refractivity contribution in [1.82, 2.24) is 5.32 Å². The molecule has 0 saturated carbocycles. The molecule has 1 aromatic rings. The Morgan fingerprint density at radius 1 is 1.06 bits per heavy atom. The van der Waals surface area contributed by atoms with Crippen molar-refractivity contribution in [3.8, 4) is 5.75 Å². The lowest BCUT2D eigenvalue weighted by molar-refractivity contribution is 0.313. The highest BCUT2D eigenvalue weighted by atomic mass is 32.2. The topological polar surface area (TPSA) is 21.3 Å². The molecule has 0 aliphatic heterocycles. The van der Waals surface area contributed by atoms with Gasteiger partial charge in [-0.05, 0) is 43.5 Å². The van der Waals surface area contributed by atoms with Crippen LogP contribution in [0.4, 0.5) is 0 Å². The van der Waals surface area contributed by atoms with Gasteiger partial charge in [-0.3, -0.25) is 0 Å².